The van der Waals surface area contributed by atoms with Crippen LogP contribution < -0.4 is 5.32 Å². The number of benzene rings is 2. The third-order valence-electron chi connectivity index (χ3n) is 3.34. The third kappa shape index (κ3) is 2.57. The van der Waals surface area contributed by atoms with Crippen molar-refractivity contribution in [3.05, 3.63) is 78.1 Å². The van der Waals surface area contributed by atoms with Gasteiger partial charge in [0.05, 0.1) is 6.26 Å². The summed E-state index contributed by atoms with van der Waals surface area (Å²) >= 11 is 0. The van der Waals surface area contributed by atoms with Gasteiger partial charge in [0, 0.05) is 17.8 Å². The van der Waals surface area contributed by atoms with Gasteiger partial charge in [0.1, 0.15) is 5.92 Å². The summed E-state index contributed by atoms with van der Waals surface area (Å²) in [6.07, 6.45) is 1.57. The predicted octanol–water partition coefficient (Wildman–Crippen LogP) is 3.32. The van der Waals surface area contributed by atoms with Gasteiger partial charge in [-0.1, -0.05) is 48.5 Å². The summed E-state index contributed by atoms with van der Waals surface area (Å²) in [6, 6.07) is 19.6. The predicted molar refractivity (Wildman–Crippen MR) is 78.3 cm³/mol. The zero-order valence-electron chi connectivity index (χ0n) is 11.0. The molecule has 0 saturated carbocycles. The number of carbonyl (C=O) groups excluding carboxylic acids is 1. The molecule has 1 atom stereocenters. The molecule has 1 heterocycles. The minimum absolute atomic E-state index is 0.207. The smallest absolute Gasteiger partial charge is 0.322 e. The van der Waals surface area contributed by atoms with Gasteiger partial charge in [-0.15, -0.1) is 0 Å². The number of rotatable bonds is 4. The van der Waals surface area contributed by atoms with Gasteiger partial charge in [-0.3, -0.25) is 4.79 Å². The lowest BCUT2D eigenvalue weighted by atomic mass is 9.93. The number of hydrogen-bond donors (Lipinski definition) is 1. The molecular formula is C17H15NO2. The second-order valence-electron chi connectivity index (χ2n) is 4.69. The summed E-state index contributed by atoms with van der Waals surface area (Å²) in [5, 5.41) is 3.31. The first-order valence-corrected chi connectivity index (χ1v) is 6.58. The Labute approximate surface area is 117 Å². The summed E-state index contributed by atoms with van der Waals surface area (Å²) in [6.45, 7) is 0.593. The highest BCUT2D eigenvalue weighted by Gasteiger charge is 2.31. The van der Waals surface area contributed by atoms with Gasteiger partial charge in [0.2, 0.25) is 0 Å². The van der Waals surface area contributed by atoms with Gasteiger partial charge >= 0.3 is 5.97 Å². The number of carbonyl (C=O) groups is 1. The number of para-hydroxylation sites is 1. The zero-order chi connectivity index (χ0) is 13.8. The third-order valence-corrected chi connectivity index (χ3v) is 3.34. The fourth-order valence-corrected chi connectivity index (χ4v) is 2.32. The Kier molecular flexibility index (Phi) is 3.50. The van der Waals surface area contributed by atoms with Crippen molar-refractivity contribution < 1.29 is 9.53 Å². The lowest BCUT2D eigenvalue weighted by molar-refractivity contribution is -0.136. The van der Waals surface area contributed by atoms with Crippen LogP contribution in [-0.4, -0.2) is 12.5 Å². The van der Waals surface area contributed by atoms with E-state index in [4.69, 9.17) is 4.74 Å². The Balaban J connectivity index is 1.74. The van der Waals surface area contributed by atoms with Crippen molar-refractivity contribution in [2.24, 2.45) is 0 Å². The van der Waals surface area contributed by atoms with Crippen molar-refractivity contribution in [1.29, 1.82) is 0 Å². The summed E-state index contributed by atoms with van der Waals surface area (Å²) < 4.78 is 5.08. The summed E-state index contributed by atoms with van der Waals surface area (Å²) in [4.78, 5) is 11.9. The molecule has 1 unspecified atom stereocenters. The molecule has 1 aliphatic rings. The SMILES string of the molecule is O=C1OC=C(CNc2ccccc2)C1c1ccccc1. The number of ether oxygens (including phenoxy) is 1. The maximum atomic E-state index is 11.9. The Hall–Kier alpha value is -2.55. The molecule has 1 aliphatic heterocycles. The van der Waals surface area contributed by atoms with Crippen LogP contribution in [0.4, 0.5) is 5.69 Å². The van der Waals surface area contributed by atoms with Gasteiger partial charge in [-0.2, -0.15) is 0 Å². The highest BCUT2D eigenvalue weighted by molar-refractivity contribution is 5.85. The van der Waals surface area contributed by atoms with Crippen molar-refractivity contribution in [3.8, 4) is 0 Å². The van der Waals surface area contributed by atoms with Crippen molar-refractivity contribution >= 4 is 11.7 Å². The monoisotopic (exact) mass is 265 g/mol. The quantitative estimate of drug-likeness (QED) is 0.862. The van der Waals surface area contributed by atoms with Crippen LogP contribution in [0.25, 0.3) is 0 Å². The molecule has 1 N–H and O–H groups in total. The lowest BCUT2D eigenvalue weighted by Gasteiger charge is -2.13. The van der Waals surface area contributed by atoms with Crippen LogP contribution in [0.15, 0.2) is 72.5 Å². The molecule has 100 valence electrons. The molecule has 0 aromatic heterocycles. The van der Waals surface area contributed by atoms with E-state index in [0.717, 1.165) is 16.8 Å². The van der Waals surface area contributed by atoms with Crippen LogP contribution in [0, 0.1) is 0 Å². The maximum absolute atomic E-state index is 11.9. The molecule has 0 amide bonds. The molecule has 3 rings (SSSR count). The molecule has 0 fully saturated rings. The number of esters is 1. The molecule has 0 radical (unpaired) electrons. The highest BCUT2D eigenvalue weighted by Crippen LogP contribution is 2.30. The Morgan fingerprint density at radius 1 is 0.950 bits per heavy atom. The fourth-order valence-electron chi connectivity index (χ4n) is 2.32. The average molecular weight is 265 g/mol. The first kappa shape index (κ1) is 12.5. The first-order valence-electron chi connectivity index (χ1n) is 6.58. The molecule has 2 aromatic rings. The van der Waals surface area contributed by atoms with E-state index in [-0.39, 0.29) is 11.9 Å². The van der Waals surface area contributed by atoms with Crippen molar-refractivity contribution in [1.82, 2.24) is 0 Å². The van der Waals surface area contributed by atoms with E-state index in [0.29, 0.717) is 6.54 Å². The van der Waals surface area contributed by atoms with Crippen LogP contribution in [0.2, 0.25) is 0 Å². The topological polar surface area (TPSA) is 38.3 Å². The highest BCUT2D eigenvalue weighted by atomic mass is 16.5. The van der Waals surface area contributed by atoms with Crippen molar-refractivity contribution in [2.75, 3.05) is 11.9 Å². The van der Waals surface area contributed by atoms with E-state index in [9.17, 15) is 4.79 Å². The van der Waals surface area contributed by atoms with E-state index in [1.54, 1.807) is 6.26 Å². The normalized spacial score (nSPS) is 17.5. The minimum Gasteiger partial charge on any atom is -0.434 e. The van der Waals surface area contributed by atoms with Crippen LogP contribution in [-0.2, 0) is 9.53 Å². The molecule has 0 saturated heterocycles. The molecule has 0 spiro atoms. The zero-order valence-corrected chi connectivity index (χ0v) is 11.0. The number of nitrogens with one attached hydrogen (secondary N) is 1. The van der Waals surface area contributed by atoms with Crippen LogP contribution >= 0.6 is 0 Å². The number of hydrogen-bond acceptors (Lipinski definition) is 3. The van der Waals surface area contributed by atoms with Crippen molar-refractivity contribution in [2.45, 2.75) is 5.92 Å². The summed E-state index contributed by atoms with van der Waals surface area (Å²) in [7, 11) is 0. The first-order chi connectivity index (χ1) is 9.84. The van der Waals surface area contributed by atoms with Gasteiger partial charge < -0.3 is 10.1 Å². The molecule has 0 bridgehead atoms. The average Bonchev–Trinajstić information content (AvgIpc) is 2.88. The molecule has 2 aromatic carbocycles. The van der Waals surface area contributed by atoms with Crippen LogP contribution in [0.1, 0.15) is 11.5 Å². The Morgan fingerprint density at radius 2 is 1.60 bits per heavy atom. The van der Waals surface area contributed by atoms with E-state index < -0.39 is 0 Å². The van der Waals surface area contributed by atoms with Crippen LogP contribution in [0.3, 0.4) is 0 Å². The van der Waals surface area contributed by atoms with Gasteiger partial charge in [0.25, 0.3) is 0 Å². The van der Waals surface area contributed by atoms with E-state index >= 15 is 0 Å². The standard InChI is InChI=1S/C17H15NO2/c19-17-16(13-7-3-1-4-8-13)14(12-20-17)11-18-15-9-5-2-6-10-15/h1-10,12,16,18H,11H2. The molecule has 3 heteroatoms. The second kappa shape index (κ2) is 5.61. The fraction of sp³-hybridized carbons (Fsp3) is 0.118. The maximum Gasteiger partial charge on any atom is 0.322 e. The molecule has 0 aliphatic carbocycles. The van der Waals surface area contributed by atoms with E-state index in [1.807, 2.05) is 60.7 Å². The minimum atomic E-state index is -0.299. The molecule has 3 nitrogen and oxygen atoms in total. The van der Waals surface area contributed by atoms with Gasteiger partial charge in [-0.05, 0) is 17.7 Å². The largest absolute Gasteiger partial charge is 0.434 e. The van der Waals surface area contributed by atoms with E-state index in [2.05, 4.69) is 5.32 Å². The van der Waals surface area contributed by atoms with Crippen molar-refractivity contribution in [3.63, 3.8) is 0 Å². The number of anilines is 1. The van der Waals surface area contributed by atoms with Gasteiger partial charge in [0.15, 0.2) is 0 Å². The summed E-state index contributed by atoms with van der Waals surface area (Å²) in [5.74, 6) is -0.506. The number of cyclic esters (lactones) is 1. The molecule has 20 heavy (non-hydrogen) atoms. The van der Waals surface area contributed by atoms with E-state index in [1.165, 1.54) is 0 Å². The Bertz CT molecular complexity index is 620. The molecular weight excluding hydrogens is 250 g/mol. The lowest BCUT2D eigenvalue weighted by Crippen LogP contribution is -2.15. The summed E-state index contributed by atoms with van der Waals surface area (Å²) in [5.41, 5.74) is 2.95. The Morgan fingerprint density at radius 3 is 2.30 bits per heavy atom. The van der Waals surface area contributed by atoms with Crippen LogP contribution in [0.5, 0.6) is 0 Å². The second-order valence-corrected chi connectivity index (χ2v) is 4.69. The van der Waals surface area contributed by atoms with Gasteiger partial charge in [-0.25, -0.2) is 0 Å².